The number of esters is 1. The molecule has 1 N–H and O–H groups in total. The van der Waals surface area contributed by atoms with Crippen LogP contribution in [0.4, 0.5) is 0 Å². The van der Waals surface area contributed by atoms with Crippen LogP contribution in [0.5, 0.6) is 0 Å². The van der Waals surface area contributed by atoms with Crippen LogP contribution in [-0.2, 0) is 11.2 Å². The number of benzene rings is 1. The minimum atomic E-state index is -0.436. The quantitative estimate of drug-likeness (QED) is 0.879. The third kappa shape index (κ3) is 3.72. The van der Waals surface area contributed by atoms with Crippen LogP contribution in [0, 0.1) is 0 Å². The van der Waals surface area contributed by atoms with Gasteiger partial charge in [0.05, 0.1) is 6.61 Å². The van der Waals surface area contributed by atoms with Gasteiger partial charge in [-0.25, -0.2) is 4.79 Å². The van der Waals surface area contributed by atoms with Crippen molar-refractivity contribution in [3.63, 3.8) is 0 Å². The van der Waals surface area contributed by atoms with E-state index < -0.39 is 5.97 Å². The maximum absolute atomic E-state index is 11.5. The third-order valence-corrected chi connectivity index (χ3v) is 2.87. The second kappa shape index (κ2) is 6.08. The summed E-state index contributed by atoms with van der Waals surface area (Å²) in [6.07, 6.45) is 0.562. The van der Waals surface area contributed by atoms with E-state index in [1.165, 1.54) is 0 Å². The molecule has 1 aromatic carbocycles. The number of rotatable bonds is 4. The molecule has 0 aliphatic carbocycles. The summed E-state index contributed by atoms with van der Waals surface area (Å²) >= 11 is 11.9. The van der Waals surface area contributed by atoms with Gasteiger partial charge in [-0.15, -0.1) is 0 Å². The molecule has 0 aliphatic heterocycles. The molecule has 6 heteroatoms. The van der Waals surface area contributed by atoms with Crippen molar-refractivity contribution >= 4 is 29.2 Å². The van der Waals surface area contributed by atoms with E-state index >= 15 is 0 Å². The number of hydrogen-bond acceptors (Lipinski definition) is 3. The zero-order valence-electron chi connectivity index (χ0n) is 10.2. The molecule has 1 heterocycles. The standard InChI is InChI=1S/C13H12Cl2N2O2/c1-2-19-13(18)12-7-11(16-17-12)5-8-3-9(14)6-10(15)4-8/h3-4,6-7H,2,5H2,1H3,(H,16,17). The molecule has 0 unspecified atom stereocenters. The zero-order chi connectivity index (χ0) is 13.8. The number of nitrogens with zero attached hydrogens (tertiary/aromatic N) is 1. The second-order valence-corrected chi connectivity index (χ2v) is 4.83. The Hall–Kier alpha value is -1.52. The molecule has 0 radical (unpaired) electrons. The first kappa shape index (κ1) is 13.9. The molecular formula is C13H12Cl2N2O2. The number of aromatic nitrogens is 2. The lowest BCUT2D eigenvalue weighted by molar-refractivity contribution is 0.0519. The lowest BCUT2D eigenvalue weighted by atomic mass is 10.1. The fourth-order valence-corrected chi connectivity index (χ4v) is 2.27. The Bertz CT molecular complexity index is 576. The van der Waals surface area contributed by atoms with E-state index in [0.717, 1.165) is 11.3 Å². The summed E-state index contributed by atoms with van der Waals surface area (Å²) in [4.78, 5) is 11.5. The van der Waals surface area contributed by atoms with Crippen molar-refractivity contribution in [1.29, 1.82) is 0 Å². The Morgan fingerprint density at radius 2 is 1.95 bits per heavy atom. The first-order valence-electron chi connectivity index (χ1n) is 5.75. The van der Waals surface area contributed by atoms with E-state index in [4.69, 9.17) is 27.9 Å². The molecule has 0 bridgehead atoms. The Balaban J connectivity index is 2.13. The molecule has 4 nitrogen and oxygen atoms in total. The van der Waals surface area contributed by atoms with Crippen molar-refractivity contribution in [2.75, 3.05) is 6.61 Å². The highest BCUT2D eigenvalue weighted by Gasteiger charge is 2.11. The van der Waals surface area contributed by atoms with Crippen molar-refractivity contribution in [2.45, 2.75) is 13.3 Å². The maximum Gasteiger partial charge on any atom is 0.358 e. The number of carbonyl (C=O) groups is 1. The number of nitrogens with one attached hydrogen (secondary N) is 1. The largest absolute Gasteiger partial charge is 0.461 e. The summed E-state index contributed by atoms with van der Waals surface area (Å²) in [5, 5.41) is 7.86. The van der Waals surface area contributed by atoms with Gasteiger partial charge in [-0.05, 0) is 36.8 Å². The predicted molar refractivity (Wildman–Crippen MR) is 73.8 cm³/mol. The van der Waals surface area contributed by atoms with E-state index in [1.54, 1.807) is 19.1 Å². The Morgan fingerprint density at radius 3 is 2.58 bits per heavy atom. The molecular weight excluding hydrogens is 287 g/mol. The Labute approximate surface area is 120 Å². The smallest absolute Gasteiger partial charge is 0.358 e. The van der Waals surface area contributed by atoms with Gasteiger partial charge in [-0.1, -0.05) is 23.2 Å². The molecule has 1 aromatic heterocycles. The lowest BCUT2D eigenvalue weighted by Crippen LogP contribution is -2.04. The number of halogens is 2. The first-order valence-corrected chi connectivity index (χ1v) is 6.50. The molecule has 0 aliphatic rings. The van der Waals surface area contributed by atoms with Gasteiger partial charge < -0.3 is 4.74 Å². The van der Waals surface area contributed by atoms with Crippen LogP contribution in [0.3, 0.4) is 0 Å². The van der Waals surface area contributed by atoms with Crippen molar-refractivity contribution in [2.24, 2.45) is 0 Å². The highest BCUT2D eigenvalue weighted by Crippen LogP contribution is 2.20. The second-order valence-electron chi connectivity index (χ2n) is 3.95. The van der Waals surface area contributed by atoms with Crippen LogP contribution in [0.2, 0.25) is 10.0 Å². The molecule has 2 aromatic rings. The van der Waals surface area contributed by atoms with Crippen molar-refractivity contribution in [3.05, 3.63) is 51.3 Å². The van der Waals surface area contributed by atoms with Gasteiger partial charge in [0.25, 0.3) is 0 Å². The number of H-pyrrole nitrogens is 1. The fraction of sp³-hybridized carbons (Fsp3) is 0.231. The predicted octanol–water partition coefficient (Wildman–Crippen LogP) is 3.48. The normalized spacial score (nSPS) is 10.5. The molecule has 0 spiro atoms. The number of ether oxygens (including phenoxy) is 1. The molecule has 19 heavy (non-hydrogen) atoms. The van der Waals surface area contributed by atoms with Gasteiger partial charge in [0.2, 0.25) is 0 Å². The van der Waals surface area contributed by atoms with Gasteiger partial charge >= 0.3 is 5.97 Å². The first-order chi connectivity index (χ1) is 9.08. The van der Waals surface area contributed by atoms with E-state index in [2.05, 4.69) is 10.2 Å². The van der Waals surface area contributed by atoms with Crippen LogP contribution in [0.1, 0.15) is 28.7 Å². The van der Waals surface area contributed by atoms with Crippen LogP contribution >= 0.6 is 23.2 Å². The average Bonchev–Trinajstić information content (AvgIpc) is 2.76. The molecule has 0 atom stereocenters. The van der Waals surface area contributed by atoms with Crippen molar-refractivity contribution in [1.82, 2.24) is 10.2 Å². The van der Waals surface area contributed by atoms with E-state index in [-0.39, 0.29) is 5.69 Å². The summed E-state index contributed by atoms with van der Waals surface area (Å²) in [5.41, 5.74) is 2.00. The summed E-state index contributed by atoms with van der Waals surface area (Å²) in [7, 11) is 0. The average molecular weight is 299 g/mol. The monoisotopic (exact) mass is 298 g/mol. The van der Waals surface area contributed by atoms with Gasteiger partial charge in [0.1, 0.15) is 0 Å². The molecule has 0 saturated heterocycles. The van der Waals surface area contributed by atoms with Gasteiger partial charge in [0.15, 0.2) is 5.69 Å². The topological polar surface area (TPSA) is 55.0 Å². The molecule has 100 valence electrons. The van der Waals surface area contributed by atoms with Crippen molar-refractivity contribution < 1.29 is 9.53 Å². The van der Waals surface area contributed by atoms with Gasteiger partial charge in [-0.3, -0.25) is 5.10 Å². The van der Waals surface area contributed by atoms with Crippen LogP contribution in [0.15, 0.2) is 24.3 Å². The third-order valence-electron chi connectivity index (χ3n) is 2.43. The number of aromatic amines is 1. The Kier molecular flexibility index (Phi) is 4.45. The van der Waals surface area contributed by atoms with Gasteiger partial charge in [0, 0.05) is 22.2 Å². The minimum Gasteiger partial charge on any atom is -0.461 e. The van der Waals surface area contributed by atoms with E-state index in [9.17, 15) is 4.79 Å². The minimum absolute atomic E-state index is 0.268. The van der Waals surface area contributed by atoms with Gasteiger partial charge in [-0.2, -0.15) is 5.10 Å². The van der Waals surface area contributed by atoms with Crippen LogP contribution in [-0.4, -0.2) is 22.8 Å². The zero-order valence-corrected chi connectivity index (χ0v) is 11.8. The van der Waals surface area contributed by atoms with Crippen LogP contribution in [0.25, 0.3) is 0 Å². The highest BCUT2D eigenvalue weighted by molar-refractivity contribution is 6.34. The Morgan fingerprint density at radius 1 is 1.26 bits per heavy atom. The van der Waals surface area contributed by atoms with Crippen LogP contribution < -0.4 is 0 Å². The molecule has 0 fully saturated rings. The fourth-order valence-electron chi connectivity index (χ4n) is 1.69. The maximum atomic E-state index is 11.5. The summed E-state index contributed by atoms with van der Waals surface area (Å²) in [6.45, 7) is 2.07. The molecule has 0 amide bonds. The van der Waals surface area contributed by atoms with E-state index in [0.29, 0.717) is 23.1 Å². The number of hydrogen-bond donors (Lipinski definition) is 1. The number of carbonyl (C=O) groups excluding carboxylic acids is 1. The summed E-state index contributed by atoms with van der Waals surface area (Å²) < 4.78 is 4.87. The molecule has 0 saturated carbocycles. The summed E-state index contributed by atoms with van der Waals surface area (Å²) in [6, 6.07) is 6.97. The highest BCUT2D eigenvalue weighted by atomic mass is 35.5. The molecule has 2 rings (SSSR count). The SMILES string of the molecule is CCOC(=O)c1cc(Cc2cc(Cl)cc(Cl)c2)[nH]n1. The lowest BCUT2D eigenvalue weighted by Gasteiger charge is -2.01. The van der Waals surface area contributed by atoms with E-state index in [1.807, 2.05) is 12.1 Å². The summed E-state index contributed by atoms with van der Waals surface area (Å²) in [5.74, 6) is -0.436. The van der Waals surface area contributed by atoms with Crippen molar-refractivity contribution in [3.8, 4) is 0 Å².